The largest absolute Gasteiger partial charge is 0.473 e. The van der Waals surface area contributed by atoms with E-state index in [1.807, 2.05) is 48.5 Å². The van der Waals surface area contributed by atoms with Crippen molar-refractivity contribution < 1.29 is 4.74 Å². The highest BCUT2D eigenvalue weighted by Gasteiger charge is 2.21. The first-order valence-corrected chi connectivity index (χ1v) is 11.0. The van der Waals surface area contributed by atoms with Gasteiger partial charge in [0.15, 0.2) is 5.96 Å². The Balaban J connectivity index is 0.00000306. The van der Waals surface area contributed by atoms with Crippen molar-refractivity contribution in [3.8, 4) is 5.88 Å². The molecule has 0 saturated carbocycles. The topological polar surface area (TPSA) is 78.8 Å². The number of guanidine groups is 1. The van der Waals surface area contributed by atoms with E-state index in [0.29, 0.717) is 19.0 Å². The molecule has 2 aromatic heterocycles. The lowest BCUT2D eigenvalue weighted by Crippen LogP contribution is -2.52. The number of halogens is 1. The standard InChI is InChI=1S/C24H29N7O.HI/c1-2-25-23(30-13-15-31(16-14-30)24-27-10-6-11-28-24)29-18-21-9-12-26-22(17-21)32-19-20-7-4-3-5-8-20;/h3-12,17H,2,13-16,18-19H2,1H3,(H,25,29);1H. The predicted octanol–water partition coefficient (Wildman–Crippen LogP) is 3.36. The summed E-state index contributed by atoms with van der Waals surface area (Å²) in [5.74, 6) is 2.32. The minimum atomic E-state index is 0. The Morgan fingerprint density at radius 2 is 1.70 bits per heavy atom. The van der Waals surface area contributed by atoms with Gasteiger partial charge >= 0.3 is 0 Å². The Labute approximate surface area is 212 Å². The number of benzene rings is 1. The molecule has 1 aromatic carbocycles. The van der Waals surface area contributed by atoms with Gasteiger partial charge in [-0.25, -0.2) is 19.9 Å². The summed E-state index contributed by atoms with van der Waals surface area (Å²) in [5.41, 5.74) is 2.18. The van der Waals surface area contributed by atoms with Gasteiger partial charge in [0, 0.05) is 57.4 Å². The molecule has 8 nitrogen and oxygen atoms in total. The van der Waals surface area contributed by atoms with Crippen LogP contribution in [0.2, 0.25) is 0 Å². The average molecular weight is 559 g/mol. The van der Waals surface area contributed by atoms with Crippen LogP contribution in [0.3, 0.4) is 0 Å². The summed E-state index contributed by atoms with van der Waals surface area (Å²) in [4.78, 5) is 22.4. The molecule has 0 radical (unpaired) electrons. The van der Waals surface area contributed by atoms with Gasteiger partial charge in [0.2, 0.25) is 11.8 Å². The summed E-state index contributed by atoms with van der Waals surface area (Å²) in [6, 6.07) is 15.9. The van der Waals surface area contributed by atoms with E-state index >= 15 is 0 Å². The van der Waals surface area contributed by atoms with E-state index in [1.54, 1.807) is 18.6 Å². The Morgan fingerprint density at radius 3 is 2.42 bits per heavy atom. The number of nitrogens with one attached hydrogen (secondary N) is 1. The Bertz CT molecular complexity index is 996. The normalized spacial score (nSPS) is 13.9. The summed E-state index contributed by atoms with van der Waals surface area (Å²) >= 11 is 0. The molecule has 174 valence electrons. The van der Waals surface area contributed by atoms with Crippen molar-refractivity contribution in [2.24, 2.45) is 4.99 Å². The highest BCUT2D eigenvalue weighted by molar-refractivity contribution is 14.0. The Hall–Kier alpha value is -2.95. The number of anilines is 1. The minimum absolute atomic E-state index is 0. The van der Waals surface area contributed by atoms with E-state index in [-0.39, 0.29) is 24.0 Å². The van der Waals surface area contributed by atoms with Crippen molar-refractivity contribution in [3.05, 3.63) is 78.2 Å². The molecule has 3 aromatic rings. The zero-order valence-electron chi connectivity index (χ0n) is 18.8. The third-order valence-electron chi connectivity index (χ3n) is 5.19. The number of aromatic nitrogens is 3. The molecule has 1 saturated heterocycles. The van der Waals surface area contributed by atoms with Crippen LogP contribution in [-0.4, -0.2) is 58.5 Å². The van der Waals surface area contributed by atoms with E-state index in [4.69, 9.17) is 9.73 Å². The zero-order chi connectivity index (χ0) is 22.0. The highest BCUT2D eigenvalue weighted by Crippen LogP contribution is 2.14. The van der Waals surface area contributed by atoms with Crippen LogP contribution in [0, 0.1) is 0 Å². The maximum atomic E-state index is 5.85. The van der Waals surface area contributed by atoms with Gasteiger partial charge in [-0.15, -0.1) is 24.0 Å². The molecule has 1 fully saturated rings. The molecule has 33 heavy (non-hydrogen) atoms. The Morgan fingerprint density at radius 1 is 0.939 bits per heavy atom. The van der Waals surface area contributed by atoms with Crippen molar-refractivity contribution in [2.45, 2.75) is 20.1 Å². The molecule has 4 rings (SSSR count). The van der Waals surface area contributed by atoms with Crippen molar-refractivity contribution in [1.82, 2.24) is 25.2 Å². The lowest BCUT2D eigenvalue weighted by Gasteiger charge is -2.36. The van der Waals surface area contributed by atoms with Crippen LogP contribution < -0.4 is 15.0 Å². The monoisotopic (exact) mass is 559 g/mol. The molecule has 0 amide bonds. The van der Waals surface area contributed by atoms with Crippen molar-refractivity contribution in [1.29, 1.82) is 0 Å². The molecule has 3 heterocycles. The number of piperazine rings is 1. The molecular weight excluding hydrogens is 529 g/mol. The molecule has 1 aliphatic rings. The minimum Gasteiger partial charge on any atom is -0.473 e. The maximum Gasteiger partial charge on any atom is 0.225 e. The number of hydrogen-bond acceptors (Lipinski definition) is 6. The fraction of sp³-hybridized carbons (Fsp3) is 0.333. The van der Waals surface area contributed by atoms with Gasteiger partial charge in [-0.2, -0.15) is 0 Å². The van der Waals surface area contributed by atoms with Crippen LogP contribution in [0.1, 0.15) is 18.1 Å². The molecule has 0 atom stereocenters. The van der Waals surface area contributed by atoms with Gasteiger partial charge in [0.05, 0.1) is 6.54 Å². The summed E-state index contributed by atoms with van der Waals surface area (Å²) in [6.07, 6.45) is 5.34. The molecule has 0 aliphatic carbocycles. The van der Waals surface area contributed by atoms with Crippen molar-refractivity contribution in [2.75, 3.05) is 37.6 Å². The summed E-state index contributed by atoms with van der Waals surface area (Å²) in [7, 11) is 0. The predicted molar refractivity (Wildman–Crippen MR) is 141 cm³/mol. The second-order valence-corrected chi connectivity index (χ2v) is 7.47. The highest BCUT2D eigenvalue weighted by atomic mass is 127. The fourth-order valence-corrected chi connectivity index (χ4v) is 3.52. The van der Waals surface area contributed by atoms with Crippen LogP contribution in [0.25, 0.3) is 0 Å². The lowest BCUT2D eigenvalue weighted by atomic mass is 10.2. The van der Waals surface area contributed by atoms with Crippen LogP contribution >= 0.6 is 24.0 Å². The summed E-state index contributed by atoms with van der Waals surface area (Å²) in [5, 5.41) is 3.42. The molecule has 0 bridgehead atoms. The maximum absolute atomic E-state index is 5.85. The first kappa shape index (κ1) is 24.7. The van der Waals surface area contributed by atoms with Crippen LogP contribution in [0.5, 0.6) is 5.88 Å². The molecule has 1 N–H and O–H groups in total. The fourth-order valence-electron chi connectivity index (χ4n) is 3.52. The average Bonchev–Trinajstić information content (AvgIpc) is 2.87. The first-order chi connectivity index (χ1) is 15.8. The SMILES string of the molecule is CCNC(=NCc1ccnc(OCc2ccccc2)c1)N1CCN(c2ncccn2)CC1.I. The molecule has 9 heteroatoms. The van der Waals surface area contributed by atoms with Crippen LogP contribution in [0.4, 0.5) is 5.95 Å². The zero-order valence-corrected chi connectivity index (χ0v) is 21.1. The smallest absolute Gasteiger partial charge is 0.225 e. The van der Waals surface area contributed by atoms with E-state index in [1.165, 1.54) is 0 Å². The van der Waals surface area contributed by atoms with E-state index in [2.05, 4.69) is 37.0 Å². The molecule has 0 spiro atoms. The molecule has 1 aliphatic heterocycles. The number of ether oxygens (including phenoxy) is 1. The second-order valence-electron chi connectivity index (χ2n) is 7.47. The third-order valence-corrected chi connectivity index (χ3v) is 5.19. The van der Waals surface area contributed by atoms with Gasteiger partial charge in [0.25, 0.3) is 0 Å². The summed E-state index contributed by atoms with van der Waals surface area (Å²) < 4.78 is 5.85. The number of rotatable bonds is 7. The van der Waals surface area contributed by atoms with E-state index in [9.17, 15) is 0 Å². The third kappa shape index (κ3) is 7.28. The Kier molecular flexibility index (Phi) is 9.67. The lowest BCUT2D eigenvalue weighted by molar-refractivity contribution is 0.293. The second kappa shape index (κ2) is 12.9. The van der Waals surface area contributed by atoms with E-state index in [0.717, 1.165) is 55.8 Å². The van der Waals surface area contributed by atoms with Gasteiger partial charge in [-0.3, -0.25) is 0 Å². The quantitative estimate of drug-likeness (QED) is 0.270. The summed E-state index contributed by atoms with van der Waals surface area (Å²) in [6.45, 7) is 7.43. The number of pyridine rings is 1. The van der Waals surface area contributed by atoms with Crippen LogP contribution in [-0.2, 0) is 13.2 Å². The van der Waals surface area contributed by atoms with E-state index < -0.39 is 0 Å². The first-order valence-electron chi connectivity index (χ1n) is 11.0. The molecular formula is C24H30IN7O. The van der Waals surface area contributed by atoms with Crippen molar-refractivity contribution in [3.63, 3.8) is 0 Å². The van der Waals surface area contributed by atoms with Gasteiger partial charge in [0.1, 0.15) is 6.61 Å². The number of hydrogen-bond donors (Lipinski definition) is 1. The molecule has 0 unspecified atom stereocenters. The number of nitrogens with zero attached hydrogens (tertiary/aromatic N) is 6. The van der Waals surface area contributed by atoms with Gasteiger partial charge in [-0.1, -0.05) is 30.3 Å². The van der Waals surface area contributed by atoms with Gasteiger partial charge < -0.3 is 19.9 Å². The van der Waals surface area contributed by atoms with Gasteiger partial charge in [-0.05, 0) is 30.2 Å². The van der Waals surface area contributed by atoms with Crippen molar-refractivity contribution >= 4 is 35.9 Å². The number of aliphatic imine (C=N–C) groups is 1. The van der Waals surface area contributed by atoms with Crippen LogP contribution in [0.15, 0.2) is 72.1 Å².